The van der Waals surface area contributed by atoms with Gasteiger partial charge < -0.3 is 5.73 Å². The van der Waals surface area contributed by atoms with Gasteiger partial charge in [-0.1, -0.05) is 32.5 Å². The number of aromatic nitrogens is 2. The predicted octanol–water partition coefficient (Wildman–Crippen LogP) is 2.92. The summed E-state index contributed by atoms with van der Waals surface area (Å²) in [6.45, 7) is 7.01. The summed E-state index contributed by atoms with van der Waals surface area (Å²) in [6.07, 6.45) is 3.85. The third-order valence-corrected chi connectivity index (χ3v) is 7.03. The van der Waals surface area contributed by atoms with E-state index in [-0.39, 0.29) is 11.3 Å². The molecule has 2 aromatic rings. The molecule has 3 amide bonds. The summed E-state index contributed by atoms with van der Waals surface area (Å²) >= 11 is 2.76. The number of hydrogen-bond donors (Lipinski definition) is 2. The lowest BCUT2D eigenvalue weighted by Gasteiger charge is -2.18. The van der Waals surface area contributed by atoms with Crippen LogP contribution in [0.1, 0.15) is 44.1 Å². The summed E-state index contributed by atoms with van der Waals surface area (Å²) in [6, 6.07) is -0.883. The number of nitrogens with one attached hydrogen (secondary N) is 1. The summed E-state index contributed by atoms with van der Waals surface area (Å²) in [5, 5.41) is 3.32. The van der Waals surface area contributed by atoms with Crippen LogP contribution in [0.25, 0.3) is 10.2 Å². The maximum atomic E-state index is 13.3. The van der Waals surface area contributed by atoms with E-state index in [9.17, 15) is 14.4 Å². The van der Waals surface area contributed by atoms with Gasteiger partial charge in [0.1, 0.15) is 4.83 Å². The molecule has 3 rings (SSSR count). The molecule has 3 N–H and O–H groups in total. The van der Waals surface area contributed by atoms with Crippen molar-refractivity contribution in [2.45, 2.75) is 58.2 Å². The molecule has 0 saturated carbocycles. The van der Waals surface area contributed by atoms with E-state index >= 15 is 0 Å². The van der Waals surface area contributed by atoms with Crippen LogP contribution >= 0.6 is 23.1 Å². The molecule has 7 nitrogen and oxygen atoms in total. The van der Waals surface area contributed by atoms with Gasteiger partial charge in [-0.2, -0.15) is 0 Å². The molecule has 1 aliphatic rings. The van der Waals surface area contributed by atoms with Crippen molar-refractivity contribution in [3.63, 3.8) is 0 Å². The first-order valence-corrected chi connectivity index (χ1v) is 11.3. The number of rotatable bonds is 6. The Balaban J connectivity index is 2.00. The second-order valence-corrected chi connectivity index (χ2v) is 9.79. The molecule has 0 radical (unpaired) electrons. The molecule has 0 aliphatic heterocycles. The number of primary amides is 1. The number of fused-ring (bicyclic) bond motifs is 3. The van der Waals surface area contributed by atoms with E-state index in [0.29, 0.717) is 23.5 Å². The van der Waals surface area contributed by atoms with Gasteiger partial charge in [-0.25, -0.2) is 9.78 Å². The molecule has 2 aromatic heterocycles. The molecule has 0 saturated heterocycles. The van der Waals surface area contributed by atoms with Gasteiger partial charge >= 0.3 is 6.03 Å². The fourth-order valence-electron chi connectivity index (χ4n) is 3.40. The van der Waals surface area contributed by atoms with Crippen molar-refractivity contribution >= 4 is 45.3 Å². The molecule has 152 valence electrons. The number of carbonyl (C=O) groups excluding carboxylic acids is 2. The van der Waals surface area contributed by atoms with Crippen LogP contribution in [0.15, 0.2) is 9.95 Å². The van der Waals surface area contributed by atoms with Gasteiger partial charge in [-0.3, -0.25) is 19.5 Å². The fourth-order valence-corrected chi connectivity index (χ4v) is 5.65. The van der Waals surface area contributed by atoms with E-state index in [0.717, 1.165) is 53.2 Å². The number of hydrogen-bond acceptors (Lipinski definition) is 6. The SMILES string of the molecule is CC(C)CCn1c(SCC(=O)NC(N)=O)nc2sc3c(c2c1=O)CCC(C)C3. The first kappa shape index (κ1) is 20.9. The first-order valence-electron chi connectivity index (χ1n) is 9.53. The second kappa shape index (κ2) is 8.65. The molecule has 1 aliphatic carbocycles. The van der Waals surface area contributed by atoms with Crippen LogP contribution in [0.3, 0.4) is 0 Å². The number of thioether (sulfide) groups is 1. The summed E-state index contributed by atoms with van der Waals surface area (Å²) in [5.41, 5.74) is 6.14. The minimum atomic E-state index is -0.883. The summed E-state index contributed by atoms with van der Waals surface area (Å²) < 4.78 is 1.69. The maximum absolute atomic E-state index is 13.3. The van der Waals surface area contributed by atoms with Crippen LogP contribution in [-0.2, 0) is 24.2 Å². The zero-order valence-corrected chi connectivity index (χ0v) is 18.0. The van der Waals surface area contributed by atoms with E-state index in [2.05, 4.69) is 20.8 Å². The normalized spacial score (nSPS) is 16.4. The van der Waals surface area contributed by atoms with Crippen molar-refractivity contribution < 1.29 is 9.59 Å². The number of nitrogens with two attached hydrogens (primary N) is 1. The van der Waals surface area contributed by atoms with Crippen LogP contribution in [-0.4, -0.2) is 27.2 Å². The highest BCUT2D eigenvalue weighted by molar-refractivity contribution is 7.99. The number of amides is 3. The Morgan fingerprint density at radius 3 is 2.86 bits per heavy atom. The van der Waals surface area contributed by atoms with Gasteiger partial charge in [0.25, 0.3) is 5.56 Å². The average Bonchev–Trinajstić information content (AvgIpc) is 2.95. The van der Waals surface area contributed by atoms with Gasteiger partial charge in [-0.05, 0) is 43.1 Å². The highest BCUT2D eigenvalue weighted by Crippen LogP contribution is 2.36. The Morgan fingerprint density at radius 2 is 2.18 bits per heavy atom. The van der Waals surface area contributed by atoms with Gasteiger partial charge in [0.05, 0.1) is 11.1 Å². The molecule has 0 fully saturated rings. The van der Waals surface area contributed by atoms with E-state index in [1.165, 1.54) is 4.88 Å². The molecule has 0 bridgehead atoms. The predicted molar refractivity (Wildman–Crippen MR) is 113 cm³/mol. The zero-order valence-electron chi connectivity index (χ0n) is 16.4. The molecule has 2 heterocycles. The summed E-state index contributed by atoms with van der Waals surface area (Å²) in [7, 11) is 0. The standard InChI is InChI=1S/C19H26N4O3S2/c1-10(2)6-7-23-17(25)15-12-5-4-11(3)8-13(12)28-16(15)22-19(23)27-9-14(24)21-18(20)26/h10-11H,4-9H2,1-3H3,(H3,20,21,24,26). The van der Waals surface area contributed by atoms with Crippen molar-refractivity contribution in [2.75, 3.05) is 5.75 Å². The zero-order chi connectivity index (χ0) is 20.4. The average molecular weight is 423 g/mol. The largest absolute Gasteiger partial charge is 0.351 e. The minimum absolute atomic E-state index is 0.0180. The lowest BCUT2D eigenvalue weighted by atomic mass is 9.89. The van der Waals surface area contributed by atoms with Crippen LogP contribution in [0.5, 0.6) is 0 Å². The number of thiophene rings is 1. The van der Waals surface area contributed by atoms with E-state index in [1.807, 2.05) is 5.32 Å². The smallest absolute Gasteiger partial charge is 0.318 e. The summed E-state index contributed by atoms with van der Waals surface area (Å²) in [5.74, 6) is 0.539. The van der Waals surface area contributed by atoms with E-state index in [4.69, 9.17) is 10.7 Å². The third kappa shape index (κ3) is 4.57. The Kier molecular flexibility index (Phi) is 6.44. The number of carbonyl (C=O) groups is 2. The van der Waals surface area contributed by atoms with Gasteiger partial charge in [0.15, 0.2) is 5.16 Å². The Hall–Kier alpha value is -1.87. The van der Waals surface area contributed by atoms with Gasteiger partial charge in [-0.15, -0.1) is 11.3 Å². The fraction of sp³-hybridized carbons (Fsp3) is 0.579. The van der Waals surface area contributed by atoms with E-state index in [1.54, 1.807) is 15.9 Å². The van der Waals surface area contributed by atoms with Gasteiger partial charge in [0.2, 0.25) is 5.91 Å². The third-order valence-electron chi connectivity index (χ3n) is 4.91. The van der Waals surface area contributed by atoms with Crippen LogP contribution in [0.4, 0.5) is 4.79 Å². The number of aryl methyl sites for hydroxylation is 1. The number of nitrogens with zero attached hydrogens (tertiary/aromatic N) is 2. The lowest BCUT2D eigenvalue weighted by molar-refractivity contribution is -0.117. The molecule has 0 aromatic carbocycles. The molecular formula is C19H26N4O3S2. The second-order valence-electron chi connectivity index (χ2n) is 7.77. The Morgan fingerprint density at radius 1 is 1.43 bits per heavy atom. The molecule has 28 heavy (non-hydrogen) atoms. The quantitative estimate of drug-likeness (QED) is 0.550. The van der Waals surface area contributed by atoms with Gasteiger partial charge in [0, 0.05) is 11.4 Å². The molecule has 1 unspecified atom stereocenters. The lowest BCUT2D eigenvalue weighted by Crippen LogP contribution is -2.36. The first-order chi connectivity index (χ1) is 13.3. The highest BCUT2D eigenvalue weighted by atomic mass is 32.2. The Labute approximate surface area is 172 Å². The molecule has 9 heteroatoms. The number of urea groups is 1. The topological polar surface area (TPSA) is 107 Å². The van der Waals surface area contributed by atoms with Crippen molar-refractivity contribution in [3.05, 3.63) is 20.8 Å². The van der Waals surface area contributed by atoms with Crippen molar-refractivity contribution in [3.8, 4) is 0 Å². The molecule has 0 spiro atoms. The van der Waals surface area contributed by atoms with Crippen molar-refractivity contribution in [1.29, 1.82) is 0 Å². The minimum Gasteiger partial charge on any atom is -0.351 e. The summed E-state index contributed by atoms with van der Waals surface area (Å²) in [4.78, 5) is 42.8. The van der Waals surface area contributed by atoms with Crippen molar-refractivity contribution in [1.82, 2.24) is 14.9 Å². The highest BCUT2D eigenvalue weighted by Gasteiger charge is 2.25. The maximum Gasteiger partial charge on any atom is 0.318 e. The number of imide groups is 1. The van der Waals surface area contributed by atoms with Crippen LogP contribution in [0, 0.1) is 11.8 Å². The van der Waals surface area contributed by atoms with E-state index < -0.39 is 11.9 Å². The monoisotopic (exact) mass is 422 g/mol. The Bertz CT molecular complexity index is 964. The van der Waals surface area contributed by atoms with Crippen LogP contribution in [0.2, 0.25) is 0 Å². The molecular weight excluding hydrogens is 396 g/mol. The molecule has 1 atom stereocenters. The van der Waals surface area contributed by atoms with Crippen molar-refractivity contribution in [2.24, 2.45) is 17.6 Å². The van der Waals surface area contributed by atoms with Crippen LogP contribution < -0.4 is 16.6 Å².